The molecule has 0 amide bonds. The number of allylic oxidation sites excluding steroid dienone is 1. The molecule has 2 aliphatic rings. The number of aromatic nitrogens is 3. The molecule has 8 aromatic carbocycles. The maximum atomic E-state index is 2.66. The molecule has 1 unspecified atom stereocenters. The van der Waals surface area contributed by atoms with E-state index in [1.54, 1.807) is 0 Å². The summed E-state index contributed by atoms with van der Waals surface area (Å²) in [6.45, 7) is 21.2. The van der Waals surface area contributed by atoms with E-state index < -0.39 is 0 Å². The molecule has 0 bridgehead atoms. The van der Waals surface area contributed by atoms with E-state index in [1.807, 2.05) is 0 Å². The van der Waals surface area contributed by atoms with Crippen LogP contribution in [0.1, 0.15) is 102 Å². The zero-order valence-corrected chi connectivity index (χ0v) is 41.7. The summed E-state index contributed by atoms with van der Waals surface area (Å²) < 4.78 is 7.72. The summed E-state index contributed by atoms with van der Waals surface area (Å²) in [5.74, 6) is 0.221. The Labute approximate surface area is 410 Å². The molecule has 14 rings (SSSR count). The SMILES string of the molecule is CC(C)(C)c1cc2c3c(c1)c1ccc(N(c4ccccc4)c4ccc5c(c4)c4ccccc4n5-c4ccccc4)cc1n3C1=Cc3c(n4c5ccc(C(C)(C)C)cc5c5cc(C(C)(C)C)cc3c54)CC12. The first-order chi connectivity index (χ1) is 33.6. The third-order valence-electron chi connectivity index (χ3n) is 16.1. The molecule has 0 fully saturated rings. The zero-order valence-electron chi connectivity index (χ0n) is 41.7. The number of fused-ring (bicyclic) bond motifs is 15. The van der Waals surface area contributed by atoms with Crippen molar-refractivity contribution in [2.45, 2.75) is 90.9 Å². The summed E-state index contributed by atoms with van der Waals surface area (Å²) in [5, 5.41) is 9.24. The molecular weight excluding hydrogens is 849 g/mol. The van der Waals surface area contributed by atoms with Crippen LogP contribution >= 0.6 is 0 Å². The molecule has 5 heterocycles. The first-order valence-corrected chi connectivity index (χ1v) is 25.3. The van der Waals surface area contributed by atoms with Gasteiger partial charge in [0.1, 0.15) is 0 Å². The van der Waals surface area contributed by atoms with E-state index in [2.05, 4.69) is 251 Å². The van der Waals surface area contributed by atoms with Gasteiger partial charge in [0.05, 0.1) is 33.1 Å². The van der Waals surface area contributed by atoms with Crippen molar-refractivity contribution >= 4 is 99.6 Å². The van der Waals surface area contributed by atoms with Crippen molar-refractivity contribution in [1.29, 1.82) is 0 Å². The second-order valence-corrected chi connectivity index (χ2v) is 23.5. The van der Waals surface area contributed by atoms with Crippen molar-refractivity contribution in [3.05, 3.63) is 197 Å². The smallest absolute Gasteiger partial charge is 0.0617 e. The average molecular weight is 907 g/mol. The van der Waals surface area contributed by atoms with Crippen LogP contribution in [0.4, 0.5) is 17.1 Å². The number of nitrogens with zero attached hydrogens (tertiary/aromatic N) is 4. The molecule has 70 heavy (non-hydrogen) atoms. The lowest BCUT2D eigenvalue weighted by Crippen LogP contribution is -2.14. The Bertz CT molecular complexity index is 4190. The minimum absolute atomic E-state index is 0.00528. The average Bonchev–Trinajstić information content (AvgIpc) is 4.13. The lowest BCUT2D eigenvalue weighted by atomic mass is 9.80. The second-order valence-electron chi connectivity index (χ2n) is 23.5. The third kappa shape index (κ3) is 5.77. The molecule has 0 saturated carbocycles. The van der Waals surface area contributed by atoms with Crippen molar-refractivity contribution in [1.82, 2.24) is 13.5 Å². The standard InChI is InChI=1S/C66H58N4/c1-64(2,3)39-24-28-58-48(30-39)53-32-41(66(7,8)9)34-55-50-38-61-51(37-60(50)69(58)63(53)55)54-33-40(65(4,5)6)31-52-47-27-25-45(36-59(47)70(61)62(52)54)67(42-18-12-10-13-19-42)44-26-29-57-49(35-44)46-22-16-17-23-56(46)68(57)43-20-14-11-15-21-43/h10-36,38,51H,37H2,1-9H3. The summed E-state index contributed by atoms with van der Waals surface area (Å²) in [6, 6.07) is 62.1. The summed E-state index contributed by atoms with van der Waals surface area (Å²) in [4.78, 5) is 2.46. The molecule has 1 aliphatic heterocycles. The highest BCUT2D eigenvalue weighted by molar-refractivity contribution is 6.20. The van der Waals surface area contributed by atoms with Gasteiger partial charge in [0.15, 0.2) is 0 Å². The lowest BCUT2D eigenvalue weighted by Gasteiger charge is -2.27. The number of anilines is 3. The van der Waals surface area contributed by atoms with E-state index in [9.17, 15) is 0 Å². The van der Waals surface area contributed by atoms with Crippen LogP contribution in [0.25, 0.3) is 88.3 Å². The van der Waals surface area contributed by atoms with Crippen molar-refractivity contribution in [3.63, 3.8) is 0 Å². The van der Waals surface area contributed by atoms with Gasteiger partial charge >= 0.3 is 0 Å². The number of hydrogen-bond acceptors (Lipinski definition) is 1. The first-order valence-electron chi connectivity index (χ1n) is 25.3. The Morgan fingerprint density at radius 1 is 0.414 bits per heavy atom. The fourth-order valence-corrected chi connectivity index (χ4v) is 12.5. The van der Waals surface area contributed by atoms with E-state index >= 15 is 0 Å². The van der Waals surface area contributed by atoms with Crippen molar-refractivity contribution in [3.8, 4) is 5.69 Å². The Kier molecular flexibility index (Phi) is 8.31. The molecule has 12 aromatic rings. The minimum Gasteiger partial charge on any atom is -0.312 e. The van der Waals surface area contributed by atoms with Crippen LogP contribution in [0.3, 0.4) is 0 Å². The molecule has 1 atom stereocenters. The van der Waals surface area contributed by atoms with Gasteiger partial charge < -0.3 is 18.4 Å². The van der Waals surface area contributed by atoms with E-state index in [1.165, 1.54) is 110 Å². The van der Waals surface area contributed by atoms with Gasteiger partial charge in [0.2, 0.25) is 0 Å². The highest BCUT2D eigenvalue weighted by Gasteiger charge is 2.39. The highest BCUT2D eigenvalue weighted by atomic mass is 15.1. The van der Waals surface area contributed by atoms with Crippen LogP contribution in [0.5, 0.6) is 0 Å². The Hall–Kier alpha value is -7.56. The van der Waals surface area contributed by atoms with Crippen LogP contribution in [0.15, 0.2) is 164 Å². The molecule has 342 valence electrons. The second kappa shape index (κ2) is 14.0. The van der Waals surface area contributed by atoms with E-state index in [-0.39, 0.29) is 22.2 Å². The van der Waals surface area contributed by atoms with Gasteiger partial charge in [-0.05, 0) is 136 Å². The minimum atomic E-state index is -0.0164. The fourth-order valence-electron chi connectivity index (χ4n) is 12.5. The topological polar surface area (TPSA) is 17.5 Å². The molecule has 4 heteroatoms. The summed E-state index contributed by atoms with van der Waals surface area (Å²) >= 11 is 0. The van der Waals surface area contributed by atoms with Crippen molar-refractivity contribution in [2.75, 3.05) is 4.90 Å². The predicted molar refractivity (Wildman–Crippen MR) is 299 cm³/mol. The maximum absolute atomic E-state index is 2.66. The van der Waals surface area contributed by atoms with Crippen LogP contribution in [-0.4, -0.2) is 13.5 Å². The maximum Gasteiger partial charge on any atom is 0.0617 e. The Balaban J connectivity index is 1.02. The van der Waals surface area contributed by atoms with Gasteiger partial charge in [-0.15, -0.1) is 0 Å². The molecule has 4 aromatic heterocycles. The van der Waals surface area contributed by atoms with Crippen LogP contribution in [0.2, 0.25) is 0 Å². The van der Waals surface area contributed by atoms with Crippen LogP contribution in [-0.2, 0) is 22.7 Å². The zero-order chi connectivity index (χ0) is 47.7. The van der Waals surface area contributed by atoms with Gasteiger partial charge in [0, 0.05) is 89.7 Å². The monoisotopic (exact) mass is 906 g/mol. The molecular formula is C66H58N4. The van der Waals surface area contributed by atoms with E-state index in [0.29, 0.717) is 0 Å². The number of para-hydroxylation sites is 3. The quantitative estimate of drug-likeness (QED) is 0.172. The van der Waals surface area contributed by atoms with E-state index in [4.69, 9.17) is 0 Å². The Morgan fingerprint density at radius 2 is 0.986 bits per heavy atom. The predicted octanol–water partition coefficient (Wildman–Crippen LogP) is 17.9. The van der Waals surface area contributed by atoms with Crippen LogP contribution in [0, 0.1) is 0 Å². The lowest BCUT2D eigenvalue weighted by molar-refractivity contribution is 0.590. The summed E-state index contributed by atoms with van der Waals surface area (Å²) in [5.41, 5.74) is 22.1. The van der Waals surface area contributed by atoms with Gasteiger partial charge in [-0.25, -0.2) is 0 Å². The highest BCUT2D eigenvalue weighted by Crippen LogP contribution is 2.55. The normalized spacial score (nSPS) is 15.1. The number of rotatable bonds is 4. The van der Waals surface area contributed by atoms with Gasteiger partial charge in [-0.2, -0.15) is 0 Å². The van der Waals surface area contributed by atoms with Gasteiger partial charge in [-0.1, -0.05) is 135 Å². The molecule has 0 saturated heterocycles. The van der Waals surface area contributed by atoms with Crippen LogP contribution < -0.4 is 4.90 Å². The molecule has 0 N–H and O–H groups in total. The summed E-state index contributed by atoms with van der Waals surface area (Å²) in [6.07, 6.45) is 3.54. The van der Waals surface area contributed by atoms with Gasteiger partial charge in [0.25, 0.3) is 0 Å². The first kappa shape index (κ1) is 41.4. The number of hydrogen-bond donors (Lipinski definition) is 0. The molecule has 0 radical (unpaired) electrons. The molecule has 1 aliphatic carbocycles. The largest absolute Gasteiger partial charge is 0.312 e. The van der Waals surface area contributed by atoms with E-state index in [0.717, 1.165) is 29.2 Å². The third-order valence-corrected chi connectivity index (χ3v) is 16.1. The fraction of sp³-hybridized carbons (Fsp3) is 0.212. The van der Waals surface area contributed by atoms with Gasteiger partial charge in [-0.3, -0.25) is 0 Å². The Morgan fingerprint density at radius 3 is 1.73 bits per heavy atom. The van der Waals surface area contributed by atoms with Crippen molar-refractivity contribution < 1.29 is 0 Å². The molecule has 0 spiro atoms. The van der Waals surface area contributed by atoms with Crippen molar-refractivity contribution in [2.24, 2.45) is 0 Å². The number of benzene rings is 8. The molecule has 4 nitrogen and oxygen atoms in total. The summed E-state index contributed by atoms with van der Waals surface area (Å²) in [7, 11) is 0.